The highest BCUT2D eigenvalue weighted by Crippen LogP contribution is 2.39. The molecule has 0 heterocycles. The van der Waals surface area contributed by atoms with Crippen LogP contribution in [0.3, 0.4) is 0 Å². The summed E-state index contributed by atoms with van der Waals surface area (Å²) in [6.07, 6.45) is 9.59. The van der Waals surface area contributed by atoms with Crippen molar-refractivity contribution in [2.45, 2.75) is 91.2 Å². The fourth-order valence-electron chi connectivity index (χ4n) is 3.74. The summed E-state index contributed by atoms with van der Waals surface area (Å²) in [5.74, 6) is 2.73. The summed E-state index contributed by atoms with van der Waals surface area (Å²) >= 11 is 0. The third-order valence-electron chi connectivity index (χ3n) is 5.40. The zero-order chi connectivity index (χ0) is 15.9. The van der Waals surface area contributed by atoms with Gasteiger partial charge < -0.3 is 10.1 Å². The molecule has 1 aliphatic carbocycles. The van der Waals surface area contributed by atoms with Crippen molar-refractivity contribution >= 4 is 0 Å². The molecule has 1 rings (SSSR count). The van der Waals surface area contributed by atoms with Gasteiger partial charge in [-0.1, -0.05) is 40.0 Å². The monoisotopic (exact) mass is 297 g/mol. The maximum atomic E-state index is 5.62. The van der Waals surface area contributed by atoms with E-state index in [9.17, 15) is 0 Å². The molecular weight excluding hydrogens is 258 g/mol. The number of rotatable bonds is 9. The van der Waals surface area contributed by atoms with Crippen molar-refractivity contribution in [1.29, 1.82) is 0 Å². The molecule has 126 valence electrons. The topological polar surface area (TPSA) is 21.3 Å². The molecule has 0 bridgehead atoms. The van der Waals surface area contributed by atoms with E-state index in [1.54, 1.807) is 0 Å². The molecule has 21 heavy (non-hydrogen) atoms. The molecule has 1 saturated carbocycles. The lowest BCUT2D eigenvalue weighted by Crippen LogP contribution is -2.37. The fourth-order valence-corrected chi connectivity index (χ4v) is 3.74. The van der Waals surface area contributed by atoms with Crippen LogP contribution >= 0.6 is 0 Å². The summed E-state index contributed by atoms with van der Waals surface area (Å²) in [5.41, 5.74) is 0.0354. The third kappa shape index (κ3) is 7.15. The Balaban J connectivity index is 2.55. The number of hydrogen-bond donors (Lipinski definition) is 1. The van der Waals surface area contributed by atoms with Crippen LogP contribution in [-0.4, -0.2) is 25.3 Å². The molecule has 0 saturated heterocycles. The Morgan fingerprint density at radius 2 is 1.86 bits per heavy atom. The average molecular weight is 298 g/mol. The molecule has 0 aromatic rings. The molecule has 1 fully saturated rings. The Labute approximate surface area is 133 Å². The molecule has 0 amide bonds. The van der Waals surface area contributed by atoms with Crippen LogP contribution in [0.1, 0.15) is 79.6 Å². The van der Waals surface area contributed by atoms with E-state index in [1.807, 2.05) is 7.11 Å². The van der Waals surface area contributed by atoms with Crippen LogP contribution < -0.4 is 5.32 Å². The Hall–Kier alpha value is -0.0800. The Bertz CT molecular complexity index is 275. The molecule has 1 N–H and O–H groups in total. The van der Waals surface area contributed by atoms with E-state index in [2.05, 4.69) is 39.9 Å². The Kier molecular flexibility index (Phi) is 8.26. The van der Waals surface area contributed by atoms with Crippen molar-refractivity contribution in [3.8, 4) is 0 Å². The normalized spacial score (nSPS) is 27.3. The van der Waals surface area contributed by atoms with Crippen molar-refractivity contribution in [3.05, 3.63) is 0 Å². The first-order valence-electron chi connectivity index (χ1n) is 9.16. The predicted octanol–water partition coefficient (Wildman–Crippen LogP) is 5.02. The predicted molar refractivity (Wildman–Crippen MR) is 92.7 cm³/mol. The molecule has 0 spiro atoms. The minimum absolute atomic E-state index is 0.0354. The highest BCUT2D eigenvalue weighted by Gasteiger charge is 2.31. The van der Waals surface area contributed by atoms with E-state index in [-0.39, 0.29) is 5.60 Å². The van der Waals surface area contributed by atoms with Gasteiger partial charge in [0, 0.05) is 13.2 Å². The summed E-state index contributed by atoms with van der Waals surface area (Å²) in [6.45, 7) is 12.5. The van der Waals surface area contributed by atoms with Gasteiger partial charge in [0.15, 0.2) is 0 Å². The van der Waals surface area contributed by atoms with E-state index in [1.165, 1.54) is 51.5 Å². The van der Waals surface area contributed by atoms with Gasteiger partial charge in [0.25, 0.3) is 0 Å². The first kappa shape index (κ1) is 19.0. The van der Waals surface area contributed by atoms with Crippen molar-refractivity contribution in [3.63, 3.8) is 0 Å². The van der Waals surface area contributed by atoms with Crippen LogP contribution in [-0.2, 0) is 4.74 Å². The summed E-state index contributed by atoms with van der Waals surface area (Å²) < 4.78 is 5.62. The van der Waals surface area contributed by atoms with Gasteiger partial charge in [0.1, 0.15) is 0 Å². The summed E-state index contributed by atoms with van der Waals surface area (Å²) in [4.78, 5) is 0. The van der Waals surface area contributed by atoms with E-state index < -0.39 is 0 Å². The maximum Gasteiger partial charge on any atom is 0.0622 e. The van der Waals surface area contributed by atoms with Crippen LogP contribution in [0.5, 0.6) is 0 Å². The highest BCUT2D eigenvalue weighted by molar-refractivity contribution is 4.83. The lowest BCUT2D eigenvalue weighted by Gasteiger charge is -2.38. The fraction of sp³-hybridized carbons (Fsp3) is 1.00. The van der Waals surface area contributed by atoms with Crippen LogP contribution in [0.25, 0.3) is 0 Å². The van der Waals surface area contributed by atoms with Crippen molar-refractivity contribution < 1.29 is 4.74 Å². The molecule has 0 aromatic carbocycles. The molecule has 2 nitrogen and oxygen atoms in total. The molecule has 3 unspecified atom stereocenters. The first-order valence-corrected chi connectivity index (χ1v) is 9.16. The smallest absolute Gasteiger partial charge is 0.0622 e. The molecule has 0 aliphatic heterocycles. The van der Waals surface area contributed by atoms with Gasteiger partial charge in [-0.3, -0.25) is 0 Å². The van der Waals surface area contributed by atoms with Crippen molar-refractivity contribution in [2.75, 3.05) is 13.7 Å². The summed E-state index contributed by atoms with van der Waals surface area (Å²) in [7, 11) is 1.85. The number of nitrogens with one attached hydrogen (secondary N) is 1. The van der Waals surface area contributed by atoms with E-state index in [0.29, 0.717) is 6.04 Å². The van der Waals surface area contributed by atoms with Crippen LogP contribution in [0.2, 0.25) is 0 Å². The van der Waals surface area contributed by atoms with Crippen molar-refractivity contribution in [2.24, 2.45) is 17.8 Å². The summed E-state index contributed by atoms with van der Waals surface area (Å²) in [5, 5.41) is 3.67. The quantitative estimate of drug-likeness (QED) is 0.645. The highest BCUT2D eigenvalue weighted by atomic mass is 16.5. The lowest BCUT2D eigenvalue weighted by molar-refractivity contribution is 0.00424. The van der Waals surface area contributed by atoms with E-state index in [4.69, 9.17) is 4.74 Å². The number of methoxy groups -OCH3 is 1. The average Bonchev–Trinajstić information content (AvgIpc) is 2.44. The van der Waals surface area contributed by atoms with Gasteiger partial charge in [-0.2, -0.15) is 0 Å². The standard InChI is InChI=1S/C19H39NO/c1-7-8-16-9-10-18(14-20-15(2)3)17(13-16)11-12-19(4,5)21-6/h15-18,20H,7-14H2,1-6H3. The van der Waals surface area contributed by atoms with Gasteiger partial charge in [0.05, 0.1) is 5.60 Å². The molecule has 3 atom stereocenters. The van der Waals surface area contributed by atoms with Crippen molar-refractivity contribution in [1.82, 2.24) is 5.32 Å². The van der Waals surface area contributed by atoms with Crippen LogP contribution in [0.15, 0.2) is 0 Å². The SMILES string of the molecule is CCCC1CCC(CNC(C)C)C(CCC(C)(C)OC)C1. The van der Waals surface area contributed by atoms with E-state index in [0.717, 1.165) is 17.8 Å². The summed E-state index contributed by atoms with van der Waals surface area (Å²) in [6, 6.07) is 0.606. The lowest BCUT2D eigenvalue weighted by atomic mass is 9.70. The minimum atomic E-state index is 0.0354. The Morgan fingerprint density at radius 1 is 1.14 bits per heavy atom. The van der Waals surface area contributed by atoms with Gasteiger partial charge in [0.2, 0.25) is 0 Å². The molecule has 0 aromatic heterocycles. The van der Waals surface area contributed by atoms with Crippen LogP contribution in [0, 0.1) is 17.8 Å². The maximum absolute atomic E-state index is 5.62. The molecule has 0 radical (unpaired) electrons. The second kappa shape index (κ2) is 9.15. The molecule has 2 heteroatoms. The van der Waals surface area contributed by atoms with Gasteiger partial charge in [-0.15, -0.1) is 0 Å². The van der Waals surface area contributed by atoms with Gasteiger partial charge in [-0.25, -0.2) is 0 Å². The zero-order valence-electron chi connectivity index (χ0n) is 15.4. The molecule has 1 aliphatic rings. The molecular formula is C19H39NO. The first-order chi connectivity index (χ1) is 9.88. The number of ether oxygens (including phenoxy) is 1. The minimum Gasteiger partial charge on any atom is -0.379 e. The van der Waals surface area contributed by atoms with Gasteiger partial charge >= 0.3 is 0 Å². The second-order valence-corrected chi connectivity index (χ2v) is 8.05. The third-order valence-corrected chi connectivity index (χ3v) is 5.40. The van der Waals surface area contributed by atoms with Crippen LogP contribution in [0.4, 0.5) is 0 Å². The van der Waals surface area contributed by atoms with Gasteiger partial charge in [-0.05, 0) is 63.8 Å². The number of hydrogen-bond acceptors (Lipinski definition) is 2. The largest absolute Gasteiger partial charge is 0.379 e. The second-order valence-electron chi connectivity index (χ2n) is 8.05. The zero-order valence-corrected chi connectivity index (χ0v) is 15.4. The Morgan fingerprint density at radius 3 is 2.43 bits per heavy atom. The van der Waals surface area contributed by atoms with E-state index >= 15 is 0 Å².